The van der Waals surface area contributed by atoms with Crippen LogP contribution in [-0.2, 0) is 83.8 Å². The second-order valence-electron chi connectivity index (χ2n) is 34.8. The Balaban J connectivity index is 0.999. The fourth-order valence-electron chi connectivity index (χ4n) is 17.9. The second-order valence-corrected chi connectivity index (χ2v) is 35.6. The number of aromatic hydroxyl groups is 3. The van der Waals surface area contributed by atoms with Gasteiger partial charge in [0, 0.05) is 43.5 Å². The number of aliphatic carboxylic acids is 1. The van der Waals surface area contributed by atoms with E-state index in [4.69, 9.17) is 71.6 Å². The van der Waals surface area contributed by atoms with E-state index < -0.39 is 320 Å². The van der Waals surface area contributed by atoms with Crippen LogP contribution in [-0.4, -0.2) is 254 Å². The smallest absolute Gasteiger partial charge is 0.330 e. The third-order valence-corrected chi connectivity index (χ3v) is 25.7. The molecular formula is C93H104Cl2N10O33. The summed E-state index contributed by atoms with van der Waals surface area (Å²) in [7, 11) is 0. The topological polar surface area (TPSA) is 671 Å². The predicted molar refractivity (Wildman–Crippen MR) is 476 cm³/mol. The summed E-state index contributed by atoms with van der Waals surface area (Å²) in [5, 5.41) is 185. The highest BCUT2D eigenvalue weighted by Crippen LogP contribution is 2.55. The molecular weight excluding hydrogens is 1860 g/mol. The second kappa shape index (κ2) is 42.2. The largest absolute Gasteiger partial charge is 0.508 e. The fourth-order valence-corrected chi connectivity index (χ4v) is 18.3. The van der Waals surface area contributed by atoms with E-state index >= 15 is 24.0 Å². The fraction of sp³-hybridized carbons (Fsp3) is 0.441. The summed E-state index contributed by atoms with van der Waals surface area (Å²) >= 11 is 14.9. The Morgan fingerprint density at radius 1 is 0.522 bits per heavy atom. The van der Waals surface area contributed by atoms with Gasteiger partial charge < -0.3 is 168 Å². The molecule has 9 aliphatic heterocycles. The maximum Gasteiger partial charge on any atom is 0.330 e. The molecule has 24 atom stereocenters. The minimum atomic E-state index is -3.19. The molecule has 9 heterocycles. The number of carboxylic acids is 1. The molecule has 25 N–H and O–H groups in total. The van der Waals surface area contributed by atoms with E-state index in [0.717, 1.165) is 124 Å². The van der Waals surface area contributed by atoms with E-state index in [0.29, 0.717) is 25.7 Å². The first-order valence-electron chi connectivity index (χ1n) is 44.7. The maximum absolute atomic E-state index is 17.2. The van der Waals surface area contributed by atoms with Crippen LogP contribution < -0.4 is 72.5 Å². The van der Waals surface area contributed by atoms with Gasteiger partial charge in [-0.2, -0.15) is 0 Å². The monoisotopic (exact) mass is 1960 g/mol. The number of benzene rings is 7. The molecule has 17 bridgehead atoms. The SMILES string of the molecule is CCCCCCCC(=O)N[C@H]1[C@H](Oc2c3cc4cc2Oc2ccc(cc2Cl)[C@@H](O[C@@H]2O[C@H](CO)[C@@H](O)[C@H](O)[C@H]2NC(C)=O)[C@@H]2NC(=O)[C@H](NC(=O)[C@@H]4NC(=O)[C@H]4NC(=O)[C@@H](Cc5ccc(c(Cl)c5)O3)NC(=O)[C@H](N)c3ccc(O)c(c3)Oc3cc(O)cc4c3)c3ccc4c(c3)-c3c(cc(O)cc3C4(O)O[C@H]3O[C@H](CO)[C@@H](O)[C@H](O)[C@@H]3O)[C@@H](C(=O)O)NC2=O)O[C@H](C(=O)NCCCCCC)[C@@H](O)[C@@H]1O. The molecule has 0 saturated carbocycles. The number of aliphatic hydroxyl groups is 10. The highest BCUT2D eigenvalue weighted by Gasteiger charge is 2.56. The zero-order valence-corrected chi connectivity index (χ0v) is 75.5. The number of phenols is 3. The molecule has 43 nitrogen and oxygen atoms in total. The molecule has 1 aliphatic carbocycles. The van der Waals surface area contributed by atoms with Crippen molar-refractivity contribution in [1.82, 2.24) is 47.9 Å². The Hall–Kier alpha value is -12.2. The maximum atomic E-state index is 17.2. The number of hydrogen-bond donors (Lipinski definition) is 24. The quantitative estimate of drug-likeness (QED) is 0.0319. The number of hydrogen-bond acceptors (Lipinski definition) is 33. The third-order valence-electron chi connectivity index (χ3n) is 25.1. The number of nitrogens with two attached hydrogens (primary N) is 1. The molecule has 7 aromatic carbocycles. The molecule has 9 amide bonds. The number of carboxylic acid groups (broad SMARTS) is 1. The summed E-state index contributed by atoms with van der Waals surface area (Å²) in [6, 6.07) is 1.22. The van der Waals surface area contributed by atoms with Gasteiger partial charge in [0.1, 0.15) is 138 Å². The van der Waals surface area contributed by atoms with Crippen LogP contribution in [0.1, 0.15) is 171 Å². The van der Waals surface area contributed by atoms with E-state index in [1.54, 1.807) is 0 Å². The van der Waals surface area contributed by atoms with Crippen LogP contribution in [0.15, 0.2) is 115 Å². The summed E-state index contributed by atoms with van der Waals surface area (Å²) < 4.78 is 58.1. The Morgan fingerprint density at radius 2 is 1.11 bits per heavy atom. The normalized spacial score (nSPS) is 29.4. The average Bonchev–Trinajstić information content (AvgIpc) is 1.55. The molecule has 0 aromatic heterocycles. The van der Waals surface area contributed by atoms with Crippen molar-refractivity contribution in [3.05, 3.63) is 175 Å². The van der Waals surface area contributed by atoms with Crippen LogP contribution in [0, 0.1) is 0 Å². The number of nitrogens with one attached hydrogen (secondary N) is 9. The van der Waals surface area contributed by atoms with Gasteiger partial charge in [-0.25, -0.2) is 4.79 Å². The molecule has 7 aromatic rings. The van der Waals surface area contributed by atoms with E-state index in [-0.39, 0.29) is 46.4 Å². The number of halogens is 2. The third kappa shape index (κ3) is 20.9. The first kappa shape index (κ1) is 100. The summed E-state index contributed by atoms with van der Waals surface area (Å²) in [5.41, 5.74) is 2.33. The number of carbonyl (C=O) groups is 10. The van der Waals surface area contributed by atoms with Crippen LogP contribution in [0.2, 0.25) is 10.0 Å². The molecule has 17 rings (SSSR count). The molecule has 3 saturated heterocycles. The number of amides is 9. The highest BCUT2D eigenvalue weighted by atomic mass is 35.5. The van der Waals surface area contributed by atoms with Gasteiger partial charge in [-0.3, -0.25) is 43.2 Å². The Kier molecular flexibility index (Phi) is 30.7. The van der Waals surface area contributed by atoms with E-state index in [9.17, 15) is 95.5 Å². The van der Waals surface area contributed by atoms with E-state index in [2.05, 4.69) is 47.9 Å². The van der Waals surface area contributed by atoms with Crippen molar-refractivity contribution >= 4 is 82.3 Å². The molecule has 0 spiro atoms. The molecule has 138 heavy (non-hydrogen) atoms. The zero-order chi connectivity index (χ0) is 98.9. The van der Waals surface area contributed by atoms with Gasteiger partial charge in [0.2, 0.25) is 65.1 Å². The van der Waals surface area contributed by atoms with Crippen molar-refractivity contribution in [3.63, 3.8) is 0 Å². The minimum absolute atomic E-state index is 0.0246. The molecule has 10 aliphatic rings. The lowest BCUT2D eigenvalue weighted by Crippen LogP contribution is -2.67. The van der Waals surface area contributed by atoms with Gasteiger partial charge in [0.05, 0.1) is 23.3 Å². The molecule has 45 heteroatoms. The Labute approximate surface area is 795 Å². The number of phenolic OH excluding ortho intramolecular Hbond substituents is 3. The van der Waals surface area contributed by atoms with Gasteiger partial charge in [0.15, 0.2) is 47.7 Å². The van der Waals surface area contributed by atoms with Gasteiger partial charge in [0.25, 0.3) is 5.91 Å². The van der Waals surface area contributed by atoms with Crippen molar-refractivity contribution in [1.29, 1.82) is 0 Å². The van der Waals surface area contributed by atoms with E-state index in [1.165, 1.54) is 30.3 Å². The van der Waals surface area contributed by atoms with Crippen molar-refractivity contribution in [2.45, 2.75) is 238 Å². The van der Waals surface area contributed by atoms with E-state index in [1.807, 2.05) is 13.8 Å². The first-order valence-corrected chi connectivity index (χ1v) is 45.4. The van der Waals surface area contributed by atoms with Crippen LogP contribution >= 0.6 is 23.2 Å². The van der Waals surface area contributed by atoms with Crippen LogP contribution in [0.3, 0.4) is 0 Å². The lowest BCUT2D eigenvalue weighted by Gasteiger charge is -2.44. The van der Waals surface area contributed by atoms with Gasteiger partial charge in [-0.1, -0.05) is 112 Å². The standard InChI is InChI=1S/C93H104Cl2N10O33/c1-4-6-8-10-11-13-62(112)100-70-75(116)77(118)81(88(126)97-22-12-9-7-5-2)137-91(70)136-80-58-30-43-31-59(80)132-56-21-17-41(28-52(56)95)79(135-90-69(98-37(3)108)74(115)72(113)60(35-106)133-90)71-87(125)104-68(89(127)128)48-33-45(110)34-50-63(48)47-27-40(15-18-49(47)93(50,129)138-92-78(119)76(117)73(114)61(36-107)134-92)65(84(122)105-71)102-86(124)67(43)103-85(123)66-42-25-44(109)32-46(26-42)130-57-29-39(16-19-54(57)111)64(96)83(121)99-53(82(120)101-66)24-38-14-20-55(131-58)51(94)23-38/h14-21,23,25-34,53,60-61,64-79,81,90-92,106-107,109-111,113-119,129H,4-13,22,24,35-36,96H2,1-3H3,(H,97,126)(H,98,108)(H,99,121)(H,100,112)(H,101,120)(H,102,124)(H,103,123)(H,104,125)(H,105,122)(H,127,128)/t53-,60-,61-,64-,65-,66+,67-,68+,69-,70-,71+,72-,73-,74-,75-,76+,77+,78+,79-,81+,90+,91-,92-,93?/m1/s1. The number of rotatable bonds is 23. The number of ether oxygens (including phenoxy) is 9. The molecule has 738 valence electrons. The summed E-state index contributed by atoms with van der Waals surface area (Å²) in [6.07, 6.45) is -24.2. The first-order chi connectivity index (χ1) is 65.9. The number of unbranched alkanes of at least 4 members (excludes halogenated alkanes) is 7. The van der Waals surface area contributed by atoms with Crippen LogP contribution in [0.5, 0.6) is 57.5 Å². The number of carbonyl (C=O) groups excluding carboxylic acids is 9. The molecule has 1 unspecified atom stereocenters. The summed E-state index contributed by atoms with van der Waals surface area (Å²) in [4.78, 5) is 154. The van der Waals surface area contributed by atoms with Crippen LogP contribution in [0.4, 0.5) is 0 Å². The Bertz CT molecular complexity index is 5840. The Morgan fingerprint density at radius 3 is 1.77 bits per heavy atom. The predicted octanol–water partition coefficient (Wildman–Crippen LogP) is 1.53. The van der Waals surface area contributed by atoms with Crippen LogP contribution in [0.25, 0.3) is 11.1 Å². The summed E-state index contributed by atoms with van der Waals surface area (Å²) in [5.74, 6) is -22.0. The lowest BCUT2D eigenvalue weighted by molar-refractivity contribution is -0.355. The number of fused-ring (bicyclic) bond motifs is 11. The molecule has 0 radical (unpaired) electrons. The number of aliphatic hydroxyl groups excluding tert-OH is 9. The average molecular weight is 1960 g/mol. The lowest BCUT2D eigenvalue weighted by atomic mass is 9.90. The van der Waals surface area contributed by atoms with Gasteiger partial charge in [-0.05, 0) is 142 Å². The summed E-state index contributed by atoms with van der Waals surface area (Å²) in [6.45, 7) is 2.85. The highest BCUT2D eigenvalue weighted by molar-refractivity contribution is 6.32. The van der Waals surface area contributed by atoms with Crippen molar-refractivity contribution < 1.29 is 162 Å². The van der Waals surface area contributed by atoms with Crippen molar-refractivity contribution in [3.8, 4) is 68.6 Å². The van der Waals surface area contributed by atoms with Crippen molar-refractivity contribution in [2.24, 2.45) is 5.73 Å². The zero-order valence-electron chi connectivity index (χ0n) is 74.0. The van der Waals surface area contributed by atoms with Gasteiger partial charge in [-0.15, -0.1) is 0 Å². The minimum Gasteiger partial charge on any atom is -0.508 e. The molecule has 3 fully saturated rings. The van der Waals surface area contributed by atoms with Gasteiger partial charge >= 0.3 is 5.97 Å². The van der Waals surface area contributed by atoms with Crippen molar-refractivity contribution in [2.75, 3.05) is 19.8 Å².